The molecule has 1 unspecified atom stereocenters. The van der Waals surface area contributed by atoms with Gasteiger partial charge in [-0.1, -0.05) is 24.3 Å². The fraction of sp³-hybridized carbons (Fsp3) is 0.391. The first-order chi connectivity index (χ1) is 14.6. The predicted octanol–water partition coefficient (Wildman–Crippen LogP) is 2.55. The monoisotopic (exact) mass is 409 g/mol. The second-order valence-electron chi connectivity index (χ2n) is 7.38. The van der Waals surface area contributed by atoms with Gasteiger partial charge in [0.1, 0.15) is 11.5 Å². The summed E-state index contributed by atoms with van der Waals surface area (Å²) in [5.41, 5.74) is 1.59. The lowest BCUT2D eigenvalue weighted by atomic mass is 10.1. The van der Waals surface area contributed by atoms with Crippen LogP contribution in [0, 0.1) is 0 Å². The smallest absolute Gasteiger partial charge is 0.251 e. The van der Waals surface area contributed by atoms with Crippen LogP contribution in [-0.4, -0.2) is 62.7 Å². The molecule has 7 nitrogen and oxygen atoms in total. The molecule has 0 bridgehead atoms. The normalized spacial score (nSPS) is 20.0. The largest absolute Gasteiger partial charge is 0.495 e. The maximum Gasteiger partial charge on any atom is 0.251 e. The maximum absolute atomic E-state index is 13.1. The molecule has 1 atom stereocenters. The van der Waals surface area contributed by atoms with Gasteiger partial charge in [0.05, 0.1) is 37.6 Å². The minimum absolute atomic E-state index is 0.173. The molecular formula is C23H27N3O4. The number of carbonyl (C=O) groups is 2. The van der Waals surface area contributed by atoms with E-state index in [-0.39, 0.29) is 18.2 Å². The van der Waals surface area contributed by atoms with Gasteiger partial charge < -0.3 is 14.4 Å². The minimum Gasteiger partial charge on any atom is -0.495 e. The number of rotatable bonds is 6. The van der Waals surface area contributed by atoms with Crippen LogP contribution in [0.25, 0.3) is 0 Å². The molecular weight excluding hydrogens is 382 g/mol. The van der Waals surface area contributed by atoms with E-state index in [1.165, 1.54) is 4.90 Å². The van der Waals surface area contributed by atoms with Crippen LogP contribution in [0.4, 0.5) is 11.4 Å². The Hall–Kier alpha value is -3.06. The molecule has 7 heteroatoms. The molecule has 0 saturated carbocycles. The number of ether oxygens (including phenoxy) is 2. The summed E-state index contributed by atoms with van der Waals surface area (Å²) in [4.78, 5) is 31.5. The van der Waals surface area contributed by atoms with Gasteiger partial charge in [-0.05, 0) is 31.2 Å². The zero-order chi connectivity index (χ0) is 21.1. The summed E-state index contributed by atoms with van der Waals surface area (Å²) in [5.74, 6) is 1.05. The van der Waals surface area contributed by atoms with Crippen molar-refractivity contribution in [1.29, 1.82) is 0 Å². The molecule has 2 fully saturated rings. The molecule has 0 N–H and O–H groups in total. The molecule has 30 heavy (non-hydrogen) atoms. The highest BCUT2D eigenvalue weighted by molar-refractivity contribution is 6.23. The van der Waals surface area contributed by atoms with E-state index in [0.29, 0.717) is 31.1 Å². The summed E-state index contributed by atoms with van der Waals surface area (Å²) in [6, 6.07) is 14.7. The van der Waals surface area contributed by atoms with Gasteiger partial charge in [-0.15, -0.1) is 0 Å². The molecule has 2 aliphatic rings. The van der Waals surface area contributed by atoms with Gasteiger partial charge in [-0.25, -0.2) is 4.90 Å². The van der Waals surface area contributed by atoms with Crippen molar-refractivity contribution in [2.45, 2.75) is 19.4 Å². The molecule has 4 rings (SSSR count). The van der Waals surface area contributed by atoms with Crippen LogP contribution >= 0.6 is 0 Å². The van der Waals surface area contributed by atoms with Crippen LogP contribution in [0.1, 0.15) is 13.3 Å². The van der Waals surface area contributed by atoms with E-state index in [2.05, 4.69) is 15.9 Å². The summed E-state index contributed by atoms with van der Waals surface area (Å²) in [5, 5.41) is 0. The Morgan fingerprint density at radius 2 is 1.53 bits per heavy atom. The van der Waals surface area contributed by atoms with Crippen molar-refractivity contribution in [3.8, 4) is 11.5 Å². The summed E-state index contributed by atoms with van der Waals surface area (Å²) in [7, 11) is 1.54. The summed E-state index contributed by atoms with van der Waals surface area (Å²) < 4.78 is 11.1. The number of piperazine rings is 1. The standard InChI is InChI=1S/C23H27N3O4/c1-3-30-21-11-7-4-8-17(21)24-12-14-25(15-13-24)19-16-22(27)26(23(19)28)18-9-5-6-10-20(18)29-2/h4-11,19H,3,12-16H2,1-2H3. The van der Waals surface area contributed by atoms with Crippen molar-refractivity contribution < 1.29 is 19.1 Å². The number of anilines is 2. The van der Waals surface area contributed by atoms with Crippen molar-refractivity contribution >= 4 is 23.2 Å². The Morgan fingerprint density at radius 3 is 2.20 bits per heavy atom. The topological polar surface area (TPSA) is 62.3 Å². The van der Waals surface area contributed by atoms with E-state index in [4.69, 9.17) is 9.47 Å². The van der Waals surface area contributed by atoms with E-state index < -0.39 is 6.04 Å². The summed E-state index contributed by atoms with van der Waals surface area (Å²) >= 11 is 0. The molecule has 0 aromatic heterocycles. The molecule has 2 aromatic carbocycles. The van der Waals surface area contributed by atoms with Crippen molar-refractivity contribution in [1.82, 2.24) is 4.90 Å². The number of benzene rings is 2. The number of imide groups is 1. The van der Waals surface area contributed by atoms with Gasteiger partial charge in [-0.2, -0.15) is 0 Å². The fourth-order valence-electron chi connectivity index (χ4n) is 4.24. The molecule has 2 aromatic rings. The molecule has 2 heterocycles. The van der Waals surface area contributed by atoms with Crippen LogP contribution < -0.4 is 19.3 Å². The van der Waals surface area contributed by atoms with E-state index in [1.54, 1.807) is 25.3 Å². The number of hydrogen-bond acceptors (Lipinski definition) is 6. The molecule has 2 aliphatic heterocycles. The van der Waals surface area contributed by atoms with Gasteiger partial charge in [0, 0.05) is 26.2 Å². The SMILES string of the molecule is CCOc1ccccc1N1CCN(C2CC(=O)N(c3ccccc3OC)C2=O)CC1. The first kappa shape index (κ1) is 20.2. The van der Waals surface area contributed by atoms with Crippen molar-refractivity contribution in [3.05, 3.63) is 48.5 Å². The third kappa shape index (κ3) is 3.73. The Morgan fingerprint density at radius 1 is 0.900 bits per heavy atom. The molecule has 2 saturated heterocycles. The van der Waals surface area contributed by atoms with Gasteiger partial charge in [0.25, 0.3) is 5.91 Å². The quantitative estimate of drug-likeness (QED) is 0.684. The molecule has 0 spiro atoms. The Kier molecular flexibility index (Phi) is 5.90. The Labute approximate surface area is 176 Å². The second kappa shape index (κ2) is 8.75. The zero-order valence-electron chi connectivity index (χ0n) is 17.4. The van der Waals surface area contributed by atoms with Gasteiger partial charge >= 0.3 is 0 Å². The first-order valence-corrected chi connectivity index (χ1v) is 10.3. The maximum atomic E-state index is 13.1. The van der Waals surface area contributed by atoms with Crippen molar-refractivity contribution in [3.63, 3.8) is 0 Å². The van der Waals surface area contributed by atoms with Crippen LogP contribution in [-0.2, 0) is 9.59 Å². The second-order valence-corrected chi connectivity index (χ2v) is 7.38. The third-order valence-corrected chi connectivity index (χ3v) is 5.71. The van der Waals surface area contributed by atoms with E-state index in [1.807, 2.05) is 31.2 Å². The van der Waals surface area contributed by atoms with Crippen molar-refractivity contribution in [2.75, 3.05) is 49.7 Å². The minimum atomic E-state index is -0.424. The molecule has 0 radical (unpaired) electrons. The third-order valence-electron chi connectivity index (χ3n) is 5.71. The van der Waals surface area contributed by atoms with Crippen LogP contribution in [0.5, 0.6) is 11.5 Å². The fourth-order valence-corrected chi connectivity index (χ4v) is 4.24. The van der Waals surface area contributed by atoms with Crippen molar-refractivity contribution in [2.24, 2.45) is 0 Å². The average Bonchev–Trinajstić information content (AvgIpc) is 3.08. The van der Waals surface area contributed by atoms with Crippen LogP contribution in [0.3, 0.4) is 0 Å². The lowest BCUT2D eigenvalue weighted by Gasteiger charge is -2.38. The highest BCUT2D eigenvalue weighted by Crippen LogP contribution is 2.34. The molecule has 2 amide bonds. The zero-order valence-corrected chi connectivity index (χ0v) is 17.4. The number of carbonyl (C=O) groups excluding carboxylic acids is 2. The first-order valence-electron chi connectivity index (χ1n) is 10.3. The summed E-state index contributed by atoms with van der Waals surface area (Å²) in [6.07, 6.45) is 0.201. The van der Waals surface area contributed by atoms with Gasteiger partial charge in [-0.3, -0.25) is 14.5 Å². The number of amides is 2. The summed E-state index contributed by atoms with van der Waals surface area (Å²) in [6.45, 7) is 5.57. The number of nitrogens with zero attached hydrogens (tertiary/aromatic N) is 3. The number of para-hydroxylation sites is 4. The lowest BCUT2D eigenvalue weighted by Crippen LogP contribution is -2.52. The number of hydrogen-bond donors (Lipinski definition) is 0. The van der Waals surface area contributed by atoms with Crippen LogP contribution in [0.2, 0.25) is 0 Å². The van der Waals surface area contributed by atoms with E-state index in [9.17, 15) is 9.59 Å². The number of methoxy groups -OCH3 is 1. The predicted molar refractivity (Wildman–Crippen MR) is 115 cm³/mol. The highest BCUT2D eigenvalue weighted by atomic mass is 16.5. The van der Waals surface area contributed by atoms with Crippen LogP contribution in [0.15, 0.2) is 48.5 Å². The Bertz CT molecular complexity index is 924. The average molecular weight is 409 g/mol. The van der Waals surface area contributed by atoms with E-state index in [0.717, 1.165) is 24.5 Å². The molecule has 158 valence electrons. The molecule has 0 aliphatic carbocycles. The lowest BCUT2D eigenvalue weighted by molar-refractivity contribution is -0.123. The highest BCUT2D eigenvalue weighted by Gasteiger charge is 2.44. The van der Waals surface area contributed by atoms with Gasteiger partial charge in [0.2, 0.25) is 5.91 Å². The van der Waals surface area contributed by atoms with E-state index >= 15 is 0 Å². The Balaban J connectivity index is 1.46. The van der Waals surface area contributed by atoms with Gasteiger partial charge in [0.15, 0.2) is 0 Å².